The van der Waals surface area contributed by atoms with Crippen molar-refractivity contribution < 1.29 is 4.79 Å². The molecule has 0 heterocycles. The standard InChI is InChI=1S/C11H15Cl2N3O/c12-8-3-1-4-9(13)11(8)16-10(17)7-15-6-2-5-14/h1,3-4,15H,2,5-7,14H2,(H,16,17). The molecule has 0 atom stereocenters. The fourth-order valence-electron chi connectivity index (χ4n) is 1.23. The molecule has 0 fully saturated rings. The lowest BCUT2D eigenvalue weighted by Crippen LogP contribution is -2.29. The Morgan fingerprint density at radius 2 is 1.94 bits per heavy atom. The van der Waals surface area contributed by atoms with Crippen molar-refractivity contribution in [2.75, 3.05) is 25.0 Å². The molecule has 0 aliphatic carbocycles. The SMILES string of the molecule is NCCCNCC(=O)Nc1c(Cl)cccc1Cl. The molecule has 0 saturated carbocycles. The molecule has 4 N–H and O–H groups in total. The topological polar surface area (TPSA) is 67.1 Å². The largest absolute Gasteiger partial charge is 0.330 e. The second-order valence-corrected chi connectivity index (χ2v) is 4.28. The van der Waals surface area contributed by atoms with Crippen LogP contribution < -0.4 is 16.4 Å². The van der Waals surface area contributed by atoms with Crippen molar-refractivity contribution in [3.05, 3.63) is 28.2 Å². The summed E-state index contributed by atoms with van der Waals surface area (Å²) >= 11 is 11.8. The summed E-state index contributed by atoms with van der Waals surface area (Å²) in [4.78, 5) is 11.6. The predicted octanol–water partition coefficient (Wildman–Crippen LogP) is 1.87. The molecule has 1 aromatic rings. The van der Waals surface area contributed by atoms with Crippen LogP contribution in [0.2, 0.25) is 10.0 Å². The van der Waals surface area contributed by atoms with Gasteiger partial charge in [-0.05, 0) is 31.6 Å². The molecule has 0 saturated heterocycles. The van der Waals surface area contributed by atoms with Gasteiger partial charge in [-0.3, -0.25) is 4.79 Å². The number of hydrogen-bond donors (Lipinski definition) is 3. The van der Waals surface area contributed by atoms with E-state index in [4.69, 9.17) is 28.9 Å². The predicted molar refractivity (Wildman–Crippen MR) is 71.6 cm³/mol. The van der Waals surface area contributed by atoms with E-state index in [-0.39, 0.29) is 12.5 Å². The second-order valence-electron chi connectivity index (χ2n) is 3.46. The fourth-order valence-corrected chi connectivity index (χ4v) is 1.72. The van der Waals surface area contributed by atoms with Gasteiger partial charge < -0.3 is 16.4 Å². The Hall–Kier alpha value is -0.810. The average Bonchev–Trinajstić information content (AvgIpc) is 2.30. The van der Waals surface area contributed by atoms with Crippen LogP contribution in [0, 0.1) is 0 Å². The van der Waals surface area contributed by atoms with E-state index in [1.807, 2.05) is 0 Å². The van der Waals surface area contributed by atoms with Crippen LogP contribution in [0.15, 0.2) is 18.2 Å². The molecule has 0 aromatic heterocycles. The van der Waals surface area contributed by atoms with E-state index in [1.165, 1.54) is 0 Å². The minimum Gasteiger partial charge on any atom is -0.330 e. The van der Waals surface area contributed by atoms with Crippen molar-refractivity contribution in [1.82, 2.24) is 5.32 Å². The zero-order chi connectivity index (χ0) is 12.7. The number of rotatable bonds is 6. The average molecular weight is 276 g/mol. The highest BCUT2D eigenvalue weighted by Crippen LogP contribution is 2.29. The smallest absolute Gasteiger partial charge is 0.238 e. The van der Waals surface area contributed by atoms with Gasteiger partial charge >= 0.3 is 0 Å². The normalized spacial score (nSPS) is 10.3. The molecule has 0 aliphatic rings. The van der Waals surface area contributed by atoms with Crippen molar-refractivity contribution in [3.8, 4) is 0 Å². The van der Waals surface area contributed by atoms with E-state index in [0.717, 1.165) is 6.42 Å². The Labute approximate surface area is 110 Å². The van der Waals surface area contributed by atoms with Crippen molar-refractivity contribution in [2.24, 2.45) is 5.73 Å². The van der Waals surface area contributed by atoms with Gasteiger partial charge in [-0.15, -0.1) is 0 Å². The van der Waals surface area contributed by atoms with E-state index < -0.39 is 0 Å². The molecule has 4 nitrogen and oxygen atoms in total. The van der Waals surface area contributed by atoms with Gasteiger partial charge in [-0.25, -0.2) is 0 Å². The Morgan fingerprint density at radius 3 is 2.53 bits per heavy atom. The van der Waals surface area contributed by atoms with Gasteiger partial charge in [-0.1, -0.05) is 29.3 Å². The molecule has 6 heteroatoms. The van der Waals surface area contributed by atoms with Crippen LogP contribution in [0.3, 0.4) is 0 Å². The molecule has 1 amide bonds. The van der Waals surface area contributed by atoms with Crippen molar-refractivity contribution >= 4 is 34.8 Å². The van der Waals surface area contributed by atoms with Crippen LogP contribution in [0.1, 0.15) is 6.42 Å². The lowest BCUT2D eigenvalue weighted by molar-refractivity contribution is -0.115. The number of amides is 1. The molecular weight excluding hydrogens is 261 g/mol. The summed E-state index contributed by atoms with van der Waals surface area (Å²) in [6.07, 6.45) is 0.833. The summed E-state index contributed by atoms with van der Waals surface area (Å²) < 4.78 is 0. The number of nitrogens with two attached hydrogens (primary N) is 1. The number of halogens is 2. The summed E-state index contributed by atoms with van der Waals surface area (Å²) in [6, 6.07) is 5.07. The quantitative estimate of drug-likeness (QED) is 0.695. The molecule has 1 rings (SSSR count). The minimum absolute atomic E-state index is 0.183. The first kappa shape index (κ1) is 14.3. The maximum atomic E-state index is 11.6. The van der Waals surface area contributed by atoms with Gasteiger partial charge in [0.2, 0.25) is 5.91 Å². The number of para-hydroxylation sites is 1. The summed E-state index contributed by atoms with van der Waals surface area (Å²) in [5.41, 5.74) is 5.78. The maximum absolute atomic E-state index is 11.6. The van der Waals surface area contributed by atoms with Gasteiger partial charge in [0.1, 0.15) is 0 Å². The number of anilines is 1. The summed E-state index contributed by atoms with van der Waals surface area (Å²) in [7, 11) is 0. The van der Waals surface area contributed by atoms with Gasteiger partial charge in [0.15, 0.2) is 0 Å². The van der Waals surface area contributed by atoms with E-state index in [0.29, 0.717) is 28.8 Å². The first-order valence-corrected chi connectivity index (χ1v) is 6.05. The first-order chi connectivity index (χ1) is 8.15. The zero-order valence-electron chi connectivity index (χ0n) is 9.30. The van der Waals surface area contributed by atoms with E-state index >= 15 is 0 Å². The maximum Gasteiger partial charge on any atom is 0.238 e. The highest BCUT2D eigenvalue weighted by atomic mass is 35.5. The molecule has 17 heavy (non-hydrogen) atoms. The van der Waals surface area contributed by atoms with Crippen molar-refractivity contribution in [2.45, 2.75) is 6.42 Å². The van der Waals surface area contributed by atoms with E-state index in [9.17, 15) is 4.79 Å². The second kappa shape index (κ2) is 7.50. The molecule has 94 valence electrons. The Kier molecular flexibility index (Phi) is 6.29. The lowest BCUT2D eigenvalue weighted by Gasteiger charge is -2.09. The number of hydrogen-bond acceptors (Lipinski definition) is 3. The zero-order valence-corrected chi connectivity index (χ0v) is 10.8. The van der Waals surface area contributed by atoms with Crippen LogP contribution in [0.4, 0.5) is 5.69 Å². The molecule has 0 unspecified atom stereocenters. The molecular formula is C11H15Cl2N3O. The lowest BCUT2D eigenvalue weighted by atomic mass is 10.3. The number of benzene rings is 1. The Bertz CT molecular complexity index is 365. The van der Waals surface area contributed by atoms with Gasteiger partial charge in [0.25, 0.3) is 0 Å². The van der Waals surface area contributed by atoms with Crippen LogP contribution in [-0.2, 0) is 4.79 Å². The molecule has 0 aliphatic heterocycles. The Morgan fingerprint density at radius 1 is 1.29 bits per heavy atom. The third-order valence-corrected chi connectivity index (χ3v) is 2.70. The molecule has 0 bridgehead atoms. The van der Waals surface area contributed by atoms with E-state index in [1.54, 1.807) is 18.2 Å². The van der Waals surface area contributed by atoms with Crippen molar-refractivity contribution in [3.63, 3.8) is 0 Å². The monoisotopic (exact) mass is 275 g/mol. The van der Waals surface area contributed by atoms with Gasteiger partial charge in [0.05, 0.1) is 22.3 Å². The number of nitrogens with one attached hydrogen (secondary N) is 2. The fraction of sp³-hybridized carbons (Fsp3) is 0.364. The molecule has 0 spiro atoms. The van der Waals surface area contributed by atoms with Crippen LogP contribution in [-0.4, -0.2) is 25.5 Å². The van der Waals surface area contributed by atoms with E-state index in [2.05, 4.69) is 10.6 Å². The van der Waals surface area contributed by atoms with Crippen LogP contribution in [0.25, 0.3) is 0 Å². The summed E-state index contributed by atoms with van der Waals surface area (Å²) in [6.45, 7) is 1.52. The van der Waals surface area contributed by atoms with Crippen molar-refractivity contribution in [1.29, 1.82) is 0 Å². The van der Waals surface area contributed by atoms with Gasteiger partial charge in [-0.2, -0.15) is 0 Å². The van der Waals surface area contributed by atoms with Crippen LogP contribution in [0.5, 0.6) is 0 Å². The summed E-state index contributed by atoms with van der Waals surface area (Å²) in [5, 5.41) is 6.47. The third kappa shape index (κ3) is 4.91. The minimum atomic E-state index is -0.183. The Balaban J connectivity index is 2.45. The molecule has 0 radical (unpaired) electrons. The first-order valence-electron chi connectivity index (χ1n) is 5.30. The number of carbonyl (C=O) groups is 1. The number of carbonyl (C=O) groups excluding carboxylic acids is 1. The van der Waals surface area contributed by atoms with Gasteiger partial charge in [0, 0.05) is 0 Å². The highest BCUT2D eigenvalue weighted by Gasteiger charge is 2.08. The van der Waals surface area contributed by atoms with Crippen LogP contribution >= 0.6 is 23.2 Å². The third-order valence-electron chi connectivity index (χ3n) is 2.07. The highest BCUT2D eigenvalue weighted by molar-refractivity contribution is 6.39. The summed E-state index contributed by atoms with van der Waals surface area (Å²) in [5.74, 6) is -0.183. The molecule has 1 aromatic carbocycles.